The normalized spacial score (nSPS) is 20.4. The molecular formula is C12H20N2OS. The molecule has 1 heterocycles. The number of hydrogen-bond acceptors (Lipinski definition) is 4. The molecule has 0 bridgehead atoms. The van der Waals surface area contributed by atoms with Crippen molar-refractivity contribution in [3.05, 3.63) is 21.9 Å². The van der Waals surface area contributed by atoms with Crippen molar-refractivity contribution in [2.24, 2.45) is 5.84 Å². The average Bonchev–Trinajstić information content (AvgIpc) is 2.65. The zero-order valence-corrected chi connectivity index (χ0v) is 10.8. The van der Waals surface area contributed by atoms with Gasteiger partial charge in [0.2, 0.25) is 0 Å². The van der Waals surface area contributed by atoms with Gasteiger partial charge < -0.3 is 4.74 Å². The highest BCUT2D eigenvalue weighted by Crippen LogP contribution is 2.42. The van der Waals surface area contributed by atoms with Gasteiger partial charge in [0.05, 0.1) is 11.6 Å². The molecule has 1 atom stereocenters. The Morgan fingerprint density at radius 1 is 1.56 bits per heavy atom. The SMILES string of the molecule is COC1(CC(NN)c2ccc(C)s2)CCC1. The highest BCUT2D eigenvalue weighted by atomic mass is 32.1. The fraction of sp³-hybridized carbons (Fsp3) is 0.667. The first-order valence-electron chi connectivity index (χ1n) is 5.77. The molecule has 3 nitrogen and oxygen atoms in total. The van der Waals surface area contributed by atoms with Gasteiger partial charge in [-0.15, -0.1) is 11.3 Å². The molecule has 1 unspecified atom stereocenters. The molecule has 3 N–H and O–H groups in total. The van der Waals surface area contributed by atoms with Crippen LogP contribution in [0.3, 0.4) is 0 Å². The number of hydrazine groups is 1. The molecule has 1 fully saturated rings. The number of hydrogen-bond donors (Lipinski definition) is 2. The van der Waals surface area contributed by atoms with E-state index < -0.39 is 0 Å². The fourth-order valence-electron chi connectivity index (χ4n) is 2.32. The molecule has 1 aromatic heterocycles. The first kappa shape index (κ1) is 12.0. The Labute approximate surface area is 101 Å². The van der Waals surface area contributed by atoms with Crippen molar-refractivity contribution in [1.29, 1.82) is 0 Å². The number of rotatable bonds is 5. The van der Waals surface area contributed by atoms with E-state index in [1.165, 1.54) is 16.2 Å². The number of aryl methyl sites for hydroxylation is 1. The van der Waals surface area contributed by atoms with E-state index in [9.17, 15) is 0 Å². The highest BCUT2D eigenvalue weighted by molar-refractivity contribution is 7.12. The highest BCUT2D eigenvalue weighted by Gasteiger charge is 2.39. The van der Waals surface area contributed by atoms with Gasteiger partial charge in [-0.05, 0) is 44.7 Å². The Bertz CT molecular complexity index is 341. The lowest BCUT2D eigenvalue weighted by atomic mass is 9.75. The minimum atomic E-state index is 0.0644. The van der Waals surface area contributed by atoms with E-state index in [0.29, 0.717) is 0 Å². The van der Waals surface area contributed by atoms with E-state index in [-0.39, 0.29) is 11.6 Å². The number of methoxy groups -OCH3 is 1. The second-order valence-electron chi connectivity index (χ2n) is 4.61. The molecule has 16 heavy (non-hydrogen) atoms. The Balaban J connectivity index is 2.05. The second kappa shape index (κ2) is 4.84. The first-order valence-corrected chi connectivity index (χ1v) is 6.58. The Hall–Kier alpha value is -0.420. The van der Waals surface area contributed by atoms with E-state index >= 15 is 0 Å². The third kappa shape index (κ3) is 2.30. The maximum Gasteiger partial charge on any atom is 0.0697 e. The summed E-state index contributed by atoms with van der Waals surface area (Å²) in [6.07, 6.45) is 4.56. The molecule has 1 aliphatic rings. The summed E-state index contributed by atoms with van der Waals surface area (Å²) in [6, 6.07) is 4.52. The van der Waals surface area contributed by atoms with Gasteiger partial charge >= 0.3 is 0 Å². The average molecular weight is 240 g/mol. The molecule has 0 aliphatic heterocycles. The number of ether oxygens (including phenoxy) is 1. The van der Waals surface area contributed by atoms with E-state index in [1.54, 1.807) is 0 Å². The van der Waals surface area contributed by atoms with Gasteiger partial charge in [-0.3, -0.25) is 11.3 Å². The van der Waals surface area contributed by atoms with Crippen LogP contribution in [0.1, 0.15) is 41.5 Å². The van der Waals surface area contributed by atoms with Crippen LogP contribution < -0.4 is 11.3 Å². The number of thiophene rings is 1. The van der Waals surface area contributed by atoms with Gasteiger partial charge in [0.1, 0.15) is 0 Å². The van der Waals surface area contributed by atoms with Crippen LogP contribution in [0, 0.1) is 6.92 Å². The molecule has 4 heteroatoms. The van der Waals surface area contributed by atoms with Crippen molar-refractivity contribution >= 4 is 11.3 Å². The van der Waals surface area contributed by atoms with Crippen molar-refractivity contribution in [3.8, 4) is 0 Å². The summed E-state index contributed by atoms with van der Waals surface area (Å²) >= 11 is 1.81. The van der Waals surface area contributed by atoms with Gasteiger partial charge in [0.25, 0.3) is 0 Å². The van der Waals surface area contributed by atoms with Crippen LogP contribution >= 0.6 is 11.3 Å². The van der Waals surface area contributed by atoms with Crippen molar-refractivity contribution in [2.75, 3.05) is 7.11 Å². The van der Waals surface area contributed by atoms with E-state index in [2.05, 4.69) is 24.5 Å². The van der Waals surface area contributed by atoms with Crippen LogP contribution in [0.4, 0.5) is 0 Å². The minimum Gasteiger partial charge on any atom is -0.378 e. The van der Waals surface area contributed by atoms with E-state index in [1.807, 2.05) is 18.4 Å². The van der Waals surface area contributed by atoms with Crippen LogP contribution in [0.15, 0.2) is 12.1 Å². The fourth-order valence-corrected chi connectivity index (χ4v) is 3.25. The van der Waals surface area contributed by atoms with Gasteiger partial charge in [0.15, 0.2) is 0 Å². The molecule has 1 aromatic rings. The molecule has 0 aromatic carbocycles. The Kier molecular flexibility index (Phi) is 3.64. The smallest absolute Gasteiger partial charge is 0.0697 e. The molecule has 0 amide bonds. The summed E-state index contributed by atoms with van der Waals surface area (Å²) in [5.41, 5.74) is 2.98. The number of nitrogens with two attached hydrogens (primary N) is 1. The monoisotopic (exact) mass is 240 g/mol. The van der Waals surface area contributed by atoms with Crippen LogP contribution in [-0.4, -0.2) is 12.7 Å². The molecule has 0 saturated heterocycles. The zero-order chi connectivity index (χ0) is 11.6. The predicted molar refractivity (Wildman–Crippen MR) is 67.3 cm³/mol. The maximum atomic E-state index is 5.66. The van der Waals surface area contributed by atoms with Crippen LogP contribution in [0.5, 0.6) is 0 Å². The van der Waals surface area contributed by atoms with E-state index in [0.717, 1.165) is 19.3 Å². The van der Waals surface area contributed by atoms with Crippen LogP contribution in [-0.2, 0) is 4.74 Å². The summed E-state index contributed by atoms with van der Waals surface area (Å²) in [5.74, 6) is 5.66. The molecule has 1 saturated carbocycles. The van der Waals surface area contributed by atoms with Gasteiger partial charge in [-0.25, -0.2) is 0 Å². The predicted octanol–water partition coefficient (Wildman–Crippen LogP) is 2.52. The molecule has 1 aliphatic carbocycles. The third-order valence-electron chi connectivity index (χ3n) is 3.58. The Morgan fingerprint density at radius 2 is 2.31 bits per heavy atom. The lowest BCUT2D eigenvalue weighted by molar-refractivity contribution is -0.0836. The van der Waals surface area contributed by atoms with Crippen LogP contribution in [0.2, 0.25) is 0 Å². The minimum absolute atomic E-state index is 0.0644. The summed E-state index contributed by atoms with van der Waals surface area (Å²) in [7, 11) is 1.81. The summed E-state index contributed by atoms with van der Waals surface area (Å²) in [6.45, 7) is 2.12. The molecule has 0 radical (unpaired) electrons. The standard InChI is InChI=1S/C12H20N2OS/c1-9-4-5-11(16-9)10(14-13)8-12(15-2)6-3-7-12/h4-5,10,14H,3,6-8,13H2,1-2H3. The molecular weight excluding hydrogens is 220 g/mol. The third-order valence-corrected chi connectivity index (χ3v) is 4.69. The van der Waals surface area contributed by atoms with Crippen molar-refractivity contribution in [1.82, 2.24) is 5.43 Å². The van der Waals surface area contributed by atoms with Crippen LogP contribution in [0.25, 0.3) is 0 Å². The van der Waals surface area contributed by atoms with Crippen molar-refractivity contribution in [3.63, 3.8) is 0 Å². The van der Waals surface area contributed by atoms with Gasteiger partial charge in [-0.2, -0.15) is 0 Å². The summed E-state index contributed by atoms with van der Waals surface area (Å²) in [4.78, 5) is 2.64. The largest absolute Gasteiger partial charge is 0.378 e. The van der Waals surface area contributed by atoms with Gasteiger partial charge in [-0.1, -0.05) is 0 Å². The summed E-state index contributed by atoms with van der Waals surface area (Å²) in [5, 5.41) is 0. The van der Waals surface area contributed by atoms with Crippen molar-refractivity contribution in [2.45, 2.75) is 44.2 Å². The molecule has 2 rings (SSSR count). The molecule has 90 valence electrons. The van der Waals surface area contributed by atoms with Crippen molar-refractivity contribution < 1.29 is 4.74 Å². The lowest BCUT2D eigenvalue weighted by Gasteiger charge is -2.42. The first-order chi connectivity index (χ1) is 7.69. The molecule has 0 spiro atoms. The van der Waals surface area contributed by atoms with E-state index in [4.69, 9.17) is 10.6 Å². The summed E-state index contributed by atoms with van der Waals surface area (Å²) < 4.78 is 5.64. The second-order valence-corrected chi connectivity index (χ2v) is 5.93. The topological polar surface area (TPSA) is 47.3 Å². The maximum absolute atomic E-state index is 5.66. The Morgan fingerprint density at radius 3 is 2.69 bits per heavy atom. The van der Waals surface area contributed by atoms with Gasteiger partial charge in [0, 0.05) is 16.9 Å². The number of nitrogens with one attached hydrogen (secondary N) is 1. The zero-order valence-electron chi connectivity index (χ0n) is 9.95. The quantitative estimate of drug-likeness (QED) is 0.614. The lowest BCUT2D eigenvalue weighted by Crippen LogP contribution is -2.43.